The molecule has 2 atom stereocenters. The van der Waals surface area contributed by atoms with Crippen LogP contribution in [0.5, 0.6) is 0 Å². The number of halogens is 1. The van der Waals surface area contributed by atoms with Crippen LogP contribution < -0.4 is 10.6 Å². The quantitative estimate of drug-likeness (QED) is 0.689. The third-order valence-corrected chi connectivity index (χ3v) is 6.51. The highest BCUT2D eigenvalue weighted by Crippen LogP contribution is 2.30. The van der Waals surface area contributed by atoms with Gasteiger partial charge in [-0.2, -0.15) is 0 Å². The SMILES string of the molecule is O=C1CCC(N2Cc3ccc(C(=O)N4CCNCC4c4cccc(F)c4)cc3C2=O)C(=O)N1. The lowest BCUT2D eigenvalue weighted by Crippen LogP contribution is -2.52. The minimum atomic E-state index is -0.702. The molecule has 2 N–H and O–H groups in total. The molecule has 0 bridgehead atoms. The van der Waals surface area contributed by atoms with E-state index >= 15 is 0 Å². The lowest BCUT2D eigenvalue weighted by molar-refractivity contribution is -0.136. The van der Waals surface area contributed by atoms with Crippen molar-refractivity contribution in [3.63, 3.8) is 0 Å². The number of amides is 4. The van der Waals surface area contributed by atoms with Crippen LogP contribution in [-0.2, 0) is 16.1 Å². The molecule has 0 spiro atoms. The molecule has 8 nitrogen and oxygen atoms in total. The average Bonchev–Trinajstić information content (AvgIpc) is 3.14. The molecule has 5 rings (SSSR count). The number of nitrogens with one attached hydrogen (secondary N) is 2. The van der Waals surface area contributed by atoms with Gasteiger partial charge in [-0.1, -0.05) is 18.2 Å². The van der Waals surface area contributed by atoms with E-state index in [9.17, 15) is 23.6 Å². The van der Waals surface area contributed by atoms with Crippen molar-refractivity contribution < 1.29 is 23.6 Å². The van der Waals surface area contributed by atoms with Crippen molar-refractivity contribution in [2.75, 3.05) is 19.6 Å². The maximum atomic E-state index is 13.8. The van der Waals surface area contributed by atoms with Crippen LogP contribution in [0.4, 0.5) is 4.39 Å². The first-order valence-electron chi connectivity index (χ1n) is 11.0. The highest BCUT2D eigenvalue weighted by molar-refractivity contribution is 6.06. The zero-order chi connectivity index (χ0) is 23.1. The Balaban J connectivity index is 1.39. The maximum absolute atomic E-state index is 13.8. The predicted molar refractivity (Wildman–Crippen MR) is 116 cm³/mol. The van der Waals surface area contributed by atoms with Gasteiger partial charge in [0.05, 0.1) is 6.04 Å². The van der Waals surface area contributed by atoms with Crippen LogP contribution in [-0.4, -0.2) is 59.1 Å². The molecule has 4 amide bonds. The van der Waals surface area contributed by atoms with Gasteiger partial charge >= 0.3 is 0 Å². The summed E-state index contributed by atoms with van der Waals surface area (Å²) < 4.78 is 13.8. The molecule has 2 aromatic carbocycles. The summed E-state index contributed by atoms with van der Waals surface area (Å²) in [5.74, 6) is -1.72. The lowest BCUT2D eigenvalue weighted by Gasteiger charge is -2.36. The Bertz CT molecular complexity index is 1170. The molecule has 170 valence electrons. The van der Waals surface area contributed by atoms with E-state index in [0.29, 0.717) is 36.3 Å². The highest BCUT2D eigenvalue weighted by Gasteiger charge is 2.39. The Labute approximate surface area is 189 Å². The highest BCUT2D eigenvalue weighted by atomic mass is 19.1. The molecule has 0 saturated carbocycles. The third kappa shape index (κ3) is 3.89. The largest absolute Gasteiger partial charge is 0.329 e. The van der Waals surface area contributed by atoms with Gasteiger partial charge in [-0.05, 0) is 41.8 Å². The first-order chi connectivity index (χ1) is 15.9. The second-order valence-corrected chi connectivity index (χ2v) is 8.55. The standard InChI is InChI=1S/C24H23FN4O4/c25-17-3-1-2-14(10-17)20-12-26-8-9-28(20)23(32)15-4-5-16-13-29(24(33)18(16)11-15)19-6-7-21(30)27-22(19)31/h1-5,10-11,19-20,26H,6-9,12-13H2,(H,27,30,31). The summed E-state index contributed by atoms with van der Waals surface area (Å²) in [4.78, 5) is 53.4. The van der Waals surface area contributed by atoms with E-state index in [1.165, 1.54) is 17.0 Å². The number of hydrogen-bond acceptors (Lipinski definition) is 5. The molecular formula is C24H23FN4O4. The molecule has 9 heteroatoms. The molecule has 2 aromatic rings. The summed E-state index contributed by atoms with van der Waals surface area (Å²) in [7, 11) is 0. The van der Waals surface area contributed by atoms with Gasteiger partial charge in [0.15, 0.2) is 0 Å². The minimum absolute atomic E-state index is 0.185. The van der Waals surface area contributed by atoms with Crippen LogP contribution in [0.1, 0.15) is 50.7 Å². The molecule has 0 radical (unpaired) electrons. The van der Waals surface area contributed by atoms with Gasteiger partial charge in [0, 0.05) is 43.7 Å². The second-order valence-electron chi connectivity index (χ2n) is 8.55. The Morgan fingerprint density at radius 2 is 1.91 bits per heavy atom. The van der Waals surface area contributed by atoms with Crippen molar-refractivity contribution in [3.05, 3.63) is 70.5 Å². The monoisotopic (exact) mass is 450 g/mol. The molecule has 3 heterocycles. The first-order valence-corrected chi connectivity index (χ1v) is 11.0. The predicted octanol–water partition coefficient (Wildman–Crippen LogP) is 1.37. The van der Waals surface area contributed by atoms with Crippen molar-refractivity contribution in [2.24, 2.45) is 0 Å². The topological polar surface area (TPSA) is 98.8 Å². The Morgan fingerprint density at radius 3 is 2.70 bits per heavy atom. The van der Waals surface area contributed by atoms with Gasteiger partial charge in [-0.15, -0.1) is 0 Å². The summed E-state index contributed by atoms with van der Waals surface area (Å²) in [5.41, 5.74) is 2.21. The molecule has 3 aliphatic heterocycles. The average molecular weight is 450 g/mol. The summed E-state index contributed by atoms with van der Waals surface area (Å²) >= 11 is 0. The van der Waals surface area contributed by atoms with Crippen LogP contribution >= 0.6 is 0 Å². The molecule has 2 saturated heterocycles. The van der Waals surface area contributed by atoms with E-state index in [-0.39, 0.29) is 49.0 Å². The zero-order valence-corrected chi connectivity index (χ0v) is 17.8. The van der Waals surface area contributed by atoms with E-state index in [4.69, 9.17) is 0 Å². The molecular weight excluding hydrogens is 427 g/mol. The van der Waals surface area contributed by atoms with Gasteiger partial charge in [0.2, 0.25) is 11.8 Å². The normalized spacial score (nSPS) is 22.9. The second kappa shape index (κ2) is 8.40. The zero-order valence-electron chi connectivity index (χ0n) is 17.8. The van der Waals surface area contributed by atoms with E-state index in [0.717, 1.165) is 5.56 Å². The summed E-state index contributed by atoms with van der Waals surface area (Å²) in [6, 6.07) is 10.2. The molecule has 0 aromatic heterocycles. The van der Waals surface area contributed by atoms with Gasteiger partial charge < -0.3 is 15.1 Å². The summed E-state index contributed by atoms with van der Waals surface area (Å²) in [5, 5.41) is 5.53. The van der Waals surface area contributed by atoms with Crippen molar-refractivity contribution in [1.29, 1.82) is 0 Å². The molecule has 2 unspecified atom stereocenters. The molecule has 3 aliphatic rings. The summed E-state index contributed by atoms with van der Waals surface area (Å²) in [6.45, 7) is 1.83. The van der Waals surface area contributed by atoms with E-state index in [1.54, 1.807) is 35.2 Å². The van der Waals surface area contributed by atoms with Crippen molar-refractivity contribution >= 4 is 23.6 Å². The molecule has 33 heavy (non-hydrogen) atoms. The van der Waals surface area contributed by atoms with E-state index in [2.05, 4.69) is 10.6 Å². The number of hydrogen-bond donors (Lipinski definition) is 2. The number of piperidine rings is 1. The minimum Gasteiger partial charge on any atom is -0.329 e. The van der Waals surface area contributed by atoms with Gasteiger partial charge in [0.1, 0.15) is 11.9 Å². The van der Waals surface area contributed by atoms with Crippen LogP contribution in [0, 0.1) is 5.82 Å². The number of nitrogens with zero attached hydrogens (tertiary/aromatic N) is 2. The number of benzene rings is 2. The number of imide groups is 1. The Hall–Kier alpha value is -3.59. The number of piperazine rings is 1. The van der Waals surface area contributed by atoms with Crippen molar-refractivity contribution in [1.82, 2.24) is 20.4 Å². The van der Waals surface area contributed by atoms with E-state index in [1.807, 2.05) is 0 Å². The number of carbonyl (C=O) groups is 4. The van der Waals surface area contributed by atoms with Crippen LogP contribution in [0.3, 0.4) is 0 Å². The van der Waals surface area contributed by atoms with E-state index < -0.39 is 11.9 Å². The van der Waals surface area contributed by atoms with Gasteiger partial charge in [-0.25, -0.2) is 4.39 Å². The lowest BCUT2D eigenvalue weighted by atomic mass is 10.0. The number of carbonyl (C=O) groups excluding carboxylic acids is 4. The number of rotatable bonds is 3. The van der Waals surface area contributed by atoms with Crippen LogP contribution in [0.25, 0.3) is 0 Å². The smallest absolute Gasteiger partial charge is 0.255 e. The number of fused-ring (bicyclic) bond motifs is 1. The Kier molecular flexibility index (Phi) is 5.41. The van der Waals surface area contributed by atoms with Crippen LogP contribution in [0.15, 0.2) is 42.5 Å². The molecule has 0 aliphatic carbocycles. The maximum Gasteiger partial charge on any atom is 0.255 e. The van der Waals surface area contributed by atoms with Gasteiger partial charge in [0.25, 0.3) is 11.8 Å². The van der Waals surface area contributed by atoms with Crippen LogP contribution in [0.2, 0.25) is 0 Å². The molecule has 2 fully saturated rings. The Morgan fingerprint density at radius 1 is 1.06 bits per heavy atom. The fourth-order valence-corrected chi connectivity index (χ4v) is 4.81. The third-order valence-electron chi connectivity index (χ3n) is 6.51. The fraction of sp³-hybridized carbons (Fsp3) is 0.333. The van der Waals surface area contributed by atoms with Crippen molar-refractivity contribution in [3.8, 4) is 0 Å². The first kappa shape index (κ1) is 21.3. The fourth-order valence-electron chi connectivity index (χ4n) is 4.81. The van der Waals surface area contributed by atoms with Gasteiger partial charge in [-0.3, -0.25) is 24.5 Å². The van der Waals surface area contributed by atoms with Crippen molar-refractivity contribution in [2.45, 2.75) is 31.5 Å². The summed E-state index contributed by atoms with van der Waals surface area (Å²) in [6.07, 6.45) is 0.469.